The highest BCUT2D eigenvalue weighted by Crippen LogP contribution is 2.22. The smallest absolute Gasteiger partial charge is 0.303 e. The summed E-state index contributed by atoms with van der Waals surface area (Å²) in [4.78, 5) is 10.7. The van der Waals surface area contributed by atoms with Crippen molar-refractivity contribution >= 4 is 5.97 Å². The van der Waals surface area contributed by atoms with E-state index in [9.17, 15) is 4.79 Å². The summed E-state index contributed by atoms with van der Waals surface area (Å²) in [6.45, 7) is 8.28. The summed E-state index contributed by atoms with van der Waals surface area (Å²) in [5.74, 6) is -0.327. The van der Waals surface area contributed by atoms with Gasteiger partial charge in [0.25, 0.3) is 0 Å². The van der Waals surface area contributed by atoms with Crippen molar-refractivity contribution in [1.29, 1.82) is 0 Å². The number of hydrogen-bond donors (Lipinski definition) is 1. The Bertz CT molecular complexity index is 331. The number of carboxylic acids is 1. The third-order valence-electron chi connectivity index (χ3n) is 4.47. The summed E-state index contributed by atoms with van der Waals surface area (Å²) in [6, 6.07) is 0. The summed E-state index contributed by atoms with van der Waals surface area (Å²) >= 11 is 0. The molecule has 0 heterocycles. The summed E-state index contributed by atoms with van der Waals surface area (Å²) in [6.07, 6.45) is 19.6. The van der Waals surface area contributed by atoms with E-state index in [1.165, 1.54) is 57.8 Å². The normalized spacial score (nSPS) is 12.6. The van der Waals surface area contributed by atoms with E-state index < -0.39 is 5.97 Å². The highest BCUT2D eigenvalue weighted by atomic mass is 16.4. The number of aliphatic carboxylic acids is 1. The van der Waals surface area contributed by atoms with Gasteiger partial charge in [0, 0.05) is 6.42 Å². The number of allylic oxidation sites excluding steroid dienone is 3. The molecule has 0 aliphatic carbocycles. The molecule has 0 aliphatic heterocycles. The lowest BCUT2D eigenvalue weighted by Crippen LogP contribution is -2.05. The lowest BCUT2D eigenvalue weighted by Gasteiger charge is -2.15. The molecule has 0 fully saturated rings. The molecule has 23 heavy (non-hydrogen) atoms. The van der Waals surface area contributed by atoms with Gasteiger partial charge in [0.15, 0.2) is 0 Å². The van der Waals surface area contributed by atoms with E-state index in [2.05, 4.69) is 25.7 Å². The van der Waals surface area contributed by atoms with Crippen molar-refractivity contribution in [2.75, 3.05) is 0 Å². The molecule has 0 spiro atoms. The fourth-order valence-electron chi connectivity index (χ4n) is 2.87. The Balaban J connectivity index is 3.52. The van der Waals surface area contributed by atoms with Crippen LogP contribution in [0.25, 0.3) is 0 Å². The maximum atomic E-state index is 10.7. The van der Waals surface area contributed by atoms with Gasteiger partial charge in [-0.15, -0.1) is 0 Å². The van der Waals surface area contributed by atoms with E-state index in [4.69, 9.17) is 5.11 Å². The second-order valence-corrected chi connectivity index (χ2v) is 6.79. The SMILES string of the molecule is C=C(C)C(CCCCC=CCCCCCCCC)CCC(=O)O. The Labute approximate surface area is 144 Å². The van der Waals surface area contributed by atoms with E-state index >= 15 is 0 Å². The highest BCUT2D eigenvalue weighted by Gasteiger charge is 2.11. The third-order valence-corrected chi connectivity index (χ3v) is 4.47. The molecule has 2 nitrogen and oxygen atoms in total. The molecule has 0 rings (SSSR count). The van der Waals surface area contributed by atoms with Crippen molar-refractivity contribution in [3.63, 3.8) is 0 Å². The first-order chi connectivity index (χ1) is 11.1. The van der Waals surface area contributed by atoms with Crippen LogP contribution in [-0.2, 0) is 4.79 Å². The van der Waals surface area contributed by atoms with E-state index in [1.807, 2.05) is 6.92 Å². The van der Waals surface area contributed by atoms with Crippen LogP contribution in [0.15, 0.2) is 24.3 Å². The predicted molar refractivity (Wildman–Crippen MR) is 101 cm³/mol. The largest absolute Gasteiger partial charge is 0.481 e. The van der Waals surface area contributed by atoms with Crippen LogP contribution >= 0.6 is 0 Å². The van der Waals surface area contributed by atoms with Crippen molar-refractivity contribution < 1.29 is 9.90 Å². The average Bonchev–Trinajstić information content (AvgIpc) is 2.50. The number of carbonyl (C=O) groups is 1. The van der Waals surface area contributed by atoms with Gasteiger partial charge in [-0.25, -0.2) is 0 Å². The standard InChI is InChI=1S/C21H38O2/c1-4-5-6-7-8-9-10-11-12-13-14-15-16-20(19(2)3)17-18-21(22)23/h11-12,20H,2,4-10,13-18H2,1,3H3,(H,22,23). The Morgan fingerprint density at radius 2 is 1.52 bits per heavy atom. The van der Waals surface area contributed by atoms with Crippen LogP contribution in [0.2, 0.25) is 0 Å². The van der Waals surface area contributed by atoms with Crippen molar-refractivity contribution in [3.05, 3.63) is 24.3 Å². The molecule has 0 amide bonds. The van der Waals surface area contributed by atoms with Crippen molar-refractivity contribution in [1.82, 2.24) is 0 Å². The zero-order valence-corrected chi connectivity index (χ0v) is 15.5. The van der Waals surface area contributed by atoms with E-state index in [0.29, 0.717) is 5.92 Å². The maximum absolute atomic E-state index is 10.7. The van der Waals surface area contributed by atoms with Crippen LogP contribution in [0.3, 0.4) is 0 Å². The molecular weight excluding hydrogens is 284 g/mol. The van der Waals surface area contributed by atoms with Crippen LogP contribution in [0.4, 0.5) is 0 Å². The molecule has 1 N–H and O–H groups in total. The van der Waals surface area contributed by atoms with Gasteiger partial charge in [-0.2, -0.15) is 0 Å². The van der Waals surface area contributed by atoms with Crippen molar-refractivity contribution in [3.8, 4) is 0 Å². The van der Waals surface area contributed by atoms with Gasteiger partial charge in [-0.3, -0.25) is 4.79 Å². The number of hydrogen-bond acceptors (Lipinski definition) is 1. The van der Waals surface area contributed by atoms with Crippen LogP contribution in [0, 0.1) is 5.92 Å². The molecule has 0 bridgehead atoms. The molecule has 0 aromatic carbocycles. The van der Waals surface area contributed by atoms with E-state index in [-0.39, 0.29) is 6.42 Å². The van der Waals surface area contributed by atoms with Crippen LogP contribution in [-0.4, -0.2) is 11.1 Å². The van der Waals surface area contributed by atoms with Gasteiger partial charge in [-0.1, -0.05) is 69.8 Å². The van der Waals surface area contributed by atoms with Gasteiger partial charge in [0.05, 0.1) is 0 Å². The predicted octanol–water partition coefficient (Wildman–Crippen LogP) is 6.91. The van der Waals surface area contributed by atoms with Crippen LogP contribution in [0.1, 0.15) is 97.3 Å². The highest BCUT2D eigenvalue weighted by molar-refractivity contribution is 5.66. The monoisotopic (exact) mass is 322 g/mol. The summed E-state index contributed by atoms with van der Waals surface area (Å²) in [5.41, 5.74) is 1.13. The quantitative estimate of drug-likeness (QED) is 0.247. The van der Waals surface area contributed by atoms with Gasteiger partial charge < -0.3 is 5.11 Å². The van der Waals surface area contributed by atoms with Crippen LogP contribution in [0.5, 0.6) is 0 Å². The summed E-state index contributed by atoms with van der Waals surface area (Å²) in [5, 5.41) is 8.78. The third kappa shape index (κ3) is 15.6. The van der Waals surface area contributed by atoms with Gasteiger partial charge in [0.2, 0.25) is 0 Å². The first-order valence-electron chi connectivity index (χ1n) is 9.60. The fourth-order valence-corrected chi connectivity index (χ4v) is 2.87. The van der Waals surface area contributed by atoms with E-state index in [1.54, 1.807) is 0 Å². The molecule has 0 aromatic heterocycles. The minimum Gasteiger partial charge on any atom is -0.481 e. The average molecular weight is 323 g/mol. The summed E-state index contributed by atoms with van der Waals surface area (Å²) < 4.78 is 0. The van der Waals surface area contributed by atoms with Crippen molar-refractivity contribution in [2.24, 2.45) is 5.92 Å². The lowest BCUT2D eigenvalue weighted by molar-refractivity contribution is -0.137. The molecule has 0 radical (unpaired) electrons. The Morgan fingerprint density at radius 1 is 0.957 bits per heavy atom. The number of unbranched alkanes of at least 4 members (excludes halogenated alkanes) is 8. The second kappa shape index (κ2) is 15.8. The first-order valence-corrected chi connectivity index (χ1v) is 9.60. The van der Waals surface area contributed by atoms with Gasteiger partial charge in [0.1, 0.15) is 0 Å². The topological polar surface area (TPSA) is 37.3 Å². The summed E-state index contributed by atoms with van der Waals surface area (Å²) in [7, 11) is 0. The lowest BCUT2D eigenvalue weighted by atomic mass is 9.90. The number of rotatable bonds is 16. The Morgan fingerprint density at radius 3 is 2.09 bits per heavy atom. The molecule has 1 unspecified atom stereocenters. The number of carboxylic acid groups (broad SMARTS) is 1. The molecule has 134 valence electrons. The first kappa shape index (κ1) is 21.9. The van der Waals surface area contributed by atoms with Crippen molar-refractivity contribution in [2.45, 2.75) is 97.3 Å². The van der Waals surface area contributed by atoms with Gasteiger partial charge in [-0.05, 0) is 51.4 Å². The van der Waals surface area contributed by atoms with E-state index in [0.717, 1.165) is 24.8 Å². The fraction of sp³-hybridized carbons (Fsp3) is 0.762. The zero-order chi connectivity index (χ0) is 17.3. The Kier molecular flexibility index (Phi) is 15.1. The minimum atomic E-state index is -0.700. The molecule has 0 aromatic rings. The molecule has 0 saturated carbocycles. The molecule has 0 saturated heterocycles. The molecule has 1 atom stereocenters. The Hall–Kier alpha value is -1.05. The molecule has 0 aliphatic rings. The maximum Gasteiger partial charge on any atom is 0.303 e. The molecular formula is C21H38O2. The zero-order valence-electron chi connectivity index (χ0n) is 15.5. The van der Waals surface area contributed by atoms with Gasteiger partial charge >= 0.3 is 5.97 Å². The van der Waals surface area contributed by atoms with Crippen LogP contribution < -0.4 is 0 Å². The second-order valence-electron chi connectivity index (χ2n) is 6.79. The minimum absolute atomic E-state index is 0.260. The molecule has 2 heteroatoms.